The minimum absolute atomic E-state index is 0.118. The van der Waals surface area contributed by atoms with E-state index >= 15 is 0 Å². The van der Waals surface area contributed by atoms with Crippen molar-refractivity contribution in [2.45, 2.75) is 4.90 Å². The Morgan fingerprint density at radius 2 is 2.00 bits per heavy atom. The summed E-state index contributed by atoms with van der Waals surface area (Å²) in [5.74, 6) is 0.637. The van der Waals surface area contributed by atoms with Gasteiger partial charge in [-0.05, 0) is 24.3 Å². The largest absolute Gasteiger partial charge is 0.496 e. The molecule has 0 saturated heterocycles. The third-order valence-corrected chi connectivity index (χ3v) is 4.36. The molecule has 1 N–H and O–H groups in total. The number of rotatable bonds is 8. The number of hydrogen-bond acceptors (Lipinski definition) is 6. The molecule has 0 spiro atoms. The van der Waals surface area contributed by atoms with Crippen LogP contribution in [-0.4, -0.2) is 37.4 Å². The van der Waals surface area contributed by atoms with Crippen molar-refractivity contribution in [2.24, 2.45) is 0 Å². The van der Waals surface area contributed by atoms with Gasteiger partial charge in [0.1, 0.15) is 11.4 Å². The highest BCUT2D eigenvalue weighted by Gasteiger charge is 2.19. The number of carbonyl (C=O) groups excluding carboxylic acids is 1. The van der Waals surface area contributed by atoms with Gasteiger partial charge < -0.3 is 14.8 Å². The van der Waals surface area contributed by atoms with E-state index in [0.717, 1.165) is 4.90 Å². The molecule has 2 rings (SSSR count). The molecule has 2 aromatic carbocycles. The monoisotopic (exact) mass is 362 g/mol. The lowest BCUT2D eigenvalue weighted by Gasteiger charge is -2.10. The summed E-state index contributed by atoms with van der Waals surface area (Å²) < 4.78 is 10.0. The predicted octanol–water partition coefficient (Wildman–Crippen LogP) is 3.59. The van der Waals surface area contributed by atoms with E-state index in [1.807, 2.05) is 12.1 Å². The lowest BCUT2D eigenvalue weighted by atomic mass is 10.2. The zero-order chi connectivity index (χ0) is 18.2. The molecule has 2 aromatic rings. The van der Waals surface area contributed by atoms with E-state index < -0.39 is 10.8 Å². The molecule has 0 fully saturated rings. The van der Waals surface area contributed by atoms with E-state index in [0.29, 0.717) is 23.7 Å². The van der Waals surface area contributed by atoms with Crippen molar-refractivity contribution in [1.29, 1.82) is 0 Å². The average Bonchev–Trinajstić information content (AvgIpc) is 2.62. The standard InChI is InChI=1S/C17H18N2O5S/c1-23-9-10-25-16-6-4-3-5-13(16)17(20)18-14-8-7-12(24-2)11-15(14)19(21)22/h3-8,11H,9-10H2,1-2H3,(H,18,20). The van der Waals surface area contributed by atoms with Crippen LogP contribution in [0.15, 0.2) is 47.4 Å². The summed E-state index contributed by atoms with van der Waals surface area (Å²) in [4.78, 5) is 24.0. The fourth-order valence-electron chi connectivity index (χ4n) is 2.10. The Kier molecular flexibility index (Phi) is 6.79. The number of benzene rings is 2. The zero-order valence-electron chi connectivity index (χ0n) is 13.9. The molecule has 0 heterocycles. The molecule has 8 heteroatoms. The molecule has 0 aliphatic carbocycles. The summed E-state index contributed by atoms with van der Waals surface area (Å²) >= 11 is 1.49. The number of nitro benzene ring substituents is 1. The van der Waals surface area contributed by atoms with E-state index in [-0.39, 0.29) is 11.4 Å². The maximum atomic E-state index is 12.6. The first-order valence-electron chi connectivity index (χ1n) is 7.41. The van der Waals surface area contributed by atoms with Gasteiger partial charge >= 0.3 is 0 Å². The van der Waals surface area contributed by atoms with Crippen LogP contribution in [-0.2, 0) is 4.74 Å². The number of methoxy groups -OCH3 is 2. The average molecular weight is 362 g/mol. The normalized spacial score (nSPS) is 10.3. The van der Waals surface area contributed by atoms with Gasteiger partial charge in [0.15, 0.2) is 0 Å². The first-order valence-corrected chi connectivity index (χ1v) is 8.40. The molecular weight excluding hydrogens is 344 g/mol. The molecule has 0 saturated carbocycles. The second kappa shape index (κ2) is 9.05. The van der Waals surface area contributed by atoms with Gasteiger partial charge in [-0.1, -0.05) is 12.1 Å². The second-order valence-corrected chi connectivity index (χ2v) is 6.07. The number of nitro groups is 1. The highest BCUT2D eigenvalue weighted by Crippen LogP contribution is 2.30. The zero-order valence-corrected chi connectivity index (χ0v) is 14.7. The van der Waals surface area contributed by atoms with Crippen LogP contribution in [0, 0.1) is 10.1 Å². The maximum Gasteiger partial charge on any atom is 0.296 e. The molecule has 0 unspecified atom stereocenters. The molecule has 0 aliphatic rings. The van der Waals surface area contributed by atoms with Gasteiger partial charge in [-0.2, -0.15) is 0 Å². The van der Waals surface area contributed by atoms with E-state index in [4.69, 9.17) is 9.47 Å². The van der Waals surface area contributed by atoms with Gasteiger partial charge in [0, 0.05) is 17.8 Å². The lowest BCUT2D eigenvalue weighted by Crippen LogP contribution is -2.14. The molecule has 0 atom stereocenters. The van der Waals surface area contributed by atoms with Gasteiger partial charge in [-0.15, -0.1) is 11.8 Å². The van der Waals surface area contributed by atoms with Crippen molar-refractivity contribution in [1.82, 2.24) is 0 Å². The number of hydrogen-bond donors (Lipinski definition) is 1. The number of nitrogens with one attached hydrogen (secondary N) is 1. The van der Waals surface area contributed by atoms with Crippen LogP contribution >= 0.6 is 11.8 Å². The summed E-state index contributed by atoms with van der Waals surface area (Å²) in [5.41, 5.74) is 0.346. The Morgan fingerprint density at radius 1 is 1.24 bits per heavy atom. The quantitative estimate of drug-likeness (QED) is 0.334. The molecule has 0 aliphatic heterocycles. The number of carbonyl (C=O) groups is 1. The van der Waals surface area contributed by atoms with Crippen LogP contribution in [0.3, 0.4) is 0 Å². The summed E-state index contributed by atoms with van der Waals surface area (Å²) in [5, 5.41) is 13.8. The van der Waals surface area contributed by atoms with Crippen molar-refractivity contribution >= 4 is 29.0 Å². The summed E-state index contributed by atoms with van der Waals surface area (Å²) in [6.07, 6.45) is 0. The van der Waals surface area contributed by atoms with Crippen molar-refractivity contribution < 1.29 is 19.2 Å². The van der Waals surface area contributed by atoms with E-state index in [9.17, 15) is 14.9 Å². The van der Waals surface area contributed by atoms with Crippen molar-refractivity contribution in [3.63, 3.8) is 0 Å². The highest BCUT2D eigenvalue weighted by atomic mass is 32.2. The number of anilines is 1. The number of nitrogens with zero attached hydrogens (tertiary/aromatic N) is 1. The summed E-state index contributed by atoms with van der Waals surface area (Å²) in [6.45, 7) is 0.560. The van der Waals surface area contributed by atoms with Crippen molar-refractivity contribution in [3.8, 4) is 5.75 Å². The van der Waals surface area contributed by atoms with Gasteiger partial charge in [0.25, 0.3) is 11.6 Å². The number of ether oxygens (including phenoxy) is 2. The first-order chi connectivity index (χ1) is 12.1. The topological polar surface area (TPSA) is 90.7 Å². The van der Waals surface area contributed by atoms with Crippen LogP contribution in [0.5, 0.6) is 5.75 Å². The molecule has 0 radical (unpaired) electrons. The van der Waals surface area contributed by atoms with Crippen LogP contribution < -0.4 is 10.1 Å². The fraction of sp³-hybridized carbons (Fsp3) is 0.235. The molecule has 0 bridgehead atoms. The Bertz CT molecular complexity index is 766. The van der Waals surface area contributed by atoms with Gasteiger partial charge in [-0.25, -0.2) is 0 Å². The van der Waals surface area contributed by atoms with E-state index in [1.165, 1.54) is 31.0 Å². The maximum absolute atomic E-state index is 12.6. The molecule has 7 nitrogen and oxygen atoms in total. The smallest absolute Gasteiger partial charge is 0.296 e. The molecule has 25 heavy (non-hydrogen) atoms. The third-order valence-electron chi connectivity index (χ3n) is 3.33. The Balaban J connectivity index is 2.24. The van der Waals surface area contributed by atoms with Gasteiger partial charge in [0.2, 0.25) is 0 Å². The van der Waals surface area contributed by atoms with E-state index in [2.05, 4.69) is 5.32 Å². The Labute approximate surface area is 149 Å². The van der Waals surface area contributed by atoms with Crippen molar-refractivity contribution in [3.05, 3.63) is 58.1 Å². The molecular formula is C17H18N2O5S. The summed E-state index contributed by atoms with van der Waals surface area (Å²) in [6, 6.07) is 11.4. The fourth-order valence-corrected chi connectivity index (χ4v) is 3.06. The molecule has 132 valence electrons. The van der Waals surface area contributed by atoms with Crippen LogP contribution in [0.1, 0.15) is 10.4 Å². The van der Waals surface area contributed by atoms with Gasteiger partial charge in [0.05, 0.1) is 30.3 Å². The first kappa shape index (κ1) is 18.8. The number of thioether (sulfide) groups is 1. The molecule has 1 amide bonds. The predicted molar refractivity (Wildman–Crippen MR) is 96.6 cm³/mol. The second-order valence-electron chi connectivity index (χ2n) is 4.93. The van der Waals surface area contributed by atoms with Crippen LogP contribution in [0.4, 0.5) is 11.4 Å². The minimum atomic E-state index is -0.558. The Morgan fingerprint density at radius 3 is 2.68 bits per heavy atom. The van der Waals surface area contributed by atoms with Gasteiger partial charge in [-0.3, -0.25) is 14.9 Å². The molecule has 0 aromatic heterocycles. The minimum Gasteiger partial charge on any atom is -0.496 e. The summed E-state index contributed by atoms with van der Waals surface area (Å²) in [7, 11) is 3.03. The van der Waals surface area contributed by atoms with Crippen molar-refractivity contribution in [2.75, 3.05) is 31.9 Å². The lowest BCUT2D eigenvalue weighted by molar-refractivity contribution is -0.384. The SMILES string of the molecule is COCCSc1ccccc1C(=O)Nc1ccc(OC)cc1[N+](=O)[O-]. The third kappa shape index (κ3) is 4.94. The van der Waals surface area contributed by atoms with Crippen LogP contribution in [0.2, 0.25) is 0 Å². The number of amides is 1. The van der Waals surface area contributed by atoms with E-state index in [1.54, 1.807) is 25.3 Å². The van der Waals surface area contributed by atoms with Crippen LogP contribution in [0.25, 0.3) is 0 Å². The highest BCUT2D eigenvalue weighted by molar-refractivity contribution is 7.99. The Hall–Kier alpha value is -2.58.